The molecule has 0 radical (unpaired) electrons. The van der Waals surface area contributed by atoms with Gasteiger partial charge in [-0.2, -0.15) is 0 Å². The van der Waals surface area contributed by atoms with E-state index < -0.39 is 15.8 Å². The van der Waals surface area contributed by atoms with E-state index in [2.05, 4.69) is 10.5 Å². The summed E-state index contributed by atoms with van der Waals surface area (Å²) in [6, 6.07) is 1.43. The summed E-state index contributed by atoms with van der Waals surface area (Å²) in [5.74, 6) is 0.314. The summed E-state index contributed by atoms with van der Waals surface area (Å²) in [7, 11) is -2.90. The summed E-state index contributed by atoms with van der Waals surface area (Å²) in [6.45, 7) is 2.33. The van der Waals surface area contributed by atoms with Gasteiger partial charge in [0, 0.05) is 12.1 Å². The van der Waals surface area contributed by atoms with Crippen LogP contribution in [0.15, 0.2) is 10.6 Å². The largest absolute Gasteiger partial charge is 0.461 e. The van der Waals surface area contributed by atoms with Gasteiger partial charge in [-0.25, -0.2) is 13.2 Å². The third-order valence-corrected chi connectivity index (χ3v) is 4.61. The van der Waals surface area contributed by atoms with E-state index in [0.717, 1.165) is 0 Å². The fourth-order valence-corrected chi connectivity index (χ4v) is 3.61. The standard InChI is InChI=1S/C11H16N2O5S/c1-2-17-11(14)10-5-9(18-13-10)6-12-8-3-4-19(15,16)7-8/h5,8,12H,2-4,6-7H2,1H3. The number of rotatable bonds is 5. The minimum absolute atomic E-state index is 0.0684. The van der Waals surface area contributed by atoms with Crippen LogP contribution < -0.4 is 5.32 Å². The summed E-state index contributed by atoms with van der Waals surface area (Å²) in [6.07, 6.45) is 0.598. The van der Waals surface area contributed by atoms with E-state index in [1.165, 1.54) is 6.07 Å². The van der Waals surface area contributed by atoms with Crippen molar-refractivity contribution >= 4 is 15.8 Å². The van der Waals surface area contributed by atoms with Crippen LogP contribution in [0.1, 0.15) is 29.6 Å². The Bertz CT molecular complexity index is 551. The van der Waals surface area contributed by atoms with Crippen molar-refractivity contribution in [1.29, 1.82) is 0 Å². The quantitative estimate of drug-likeness (QED) is 0.769. The Balaban J connectivity index is 1.86. The van der Waals surface area contributed by atoms with Crippen LogP contribution in [0.2, 0.25) is 0 Å². The lowest BCUT2D eigenvalue weighted by atomic mass is 10.2. The molecule has 7 nitrogen and oxygen atoms in total. The van der Waals surface area contributed by atoms with Gasteiger partial charge in [-0.1, -0.05) is 5.16 Å². The lowest BCUT2D eigenvalue weighted by Crippen LogP contribution is -2.29. The van der Waals surface area contributed by atoms with Gasteiger partial charge in [-0.15, -0.1) is 0 Å². The monoisotopic (exact) mass is 288 g/mol. The number of carbonyl (C=O) groups is 1. The van der Waals surface area contributed by atoms with Crippen molar-refractivity contribution in [2.75, 3.05) is 18.1 Å². The van der Waals surface area contributed by atoms with Gasteiger partial charge in [-0.05, 0) is 13.3 Å². The van der Waals surface area contributed by atoms with Crippen LogP contribution in [0.25, 0.3) is 0 Å². The van der Waals surface area contributed by atoms with Crippen molar-refractivity contribution in [3.63, 3.8) is 0 Å². The minimum Gasteiger partial charge on any atom is -0.461 e. The Hall–Kier alpha value is -1.41. The molecule has 19 heavy (non-hydrogen) atoms. The third kappa shape index (κ3) is 3.77. The van der Waals surface area contributed by atoms with E-state index in [0.29, 0.717) is 18.7 Å². The van der Waals surface area contributed by atoms with Gasteiger partial charge in [0.15, 0.2) is 21.3 Å². The van der Waals surface area contributed by atoms with Crippen molar-refractivity contribution in [3.8, 4) is 0 Å². The van der Waals surface area contributed by atoms with Crippen LogP contribution in [-0.2, 0) is 21.1 Å². The zero-order chi connectivity index (χ0) is 13.9. The maximum Gasteiger partial charge on any atom is 0.360 e. The van der Waals surface area contributed by atoms with Crippen LogP contribution in [-0.4, -0.2) is 43.7 Å². The number of carbonyl (C=O) groups excluding carboxylic acids is 1. The Morgan fingerprint density at radius 1 is 1.63 bits per heavy atom. The Morgan fingerprint density at radius 2 is 2.42 bits per heavy atom. The molecule has 1 N–H and O–H groups in total. The average molecular weight is 288 g/mol. The molecule has 0 spiro atoms. The predicted octanol–water partition coefficient (Wildman–Crippen LogP) is 0.128. The zero-order valence-corrected chi connectivity index (χ0v) is 11.4. The van der Waals surface area contributed by atoms with Crippen LogP contribution >= 0.6 is 0 Å². The molecule has 0 aliphatic carbocycles. The van der Waals surface area contributed by atoms with Crippen molar-refractivity contribution in [1.82, 2.24) is 10.5 Å². The molecule has 8 heteroatoms. The molecule has 1 unspecified atom stereocenters. The Kier molecular flexibility index (Phi) is 4.20. The molecule has 0 bridgehead atoms. The van der Waals surface area contributed by atoms with Gasteiger partial charge in [0.1, 0.15) is 0 Å². The first kappa shape index (κ1) is 14.0. The number of hydrogen-bond acceptors (Lipinski definition) is 7. The molecule has 1 aliphatic heterocycles. The number of ether oxygens (including phenoxy) is 1. The van der Waals surface area contributed by atoms with Gasteiger partial charge in [-0.3, -0.25) is 0 Å². The Labute approximate surface area is 111 Å². The van der Waals surface area contributed by atoms with E-state index in [1.54, 1.807) is 6.92 Å². The molecule has 1 aromatic rings. The van der Waals surface area contributed by atoms with Crippen molar-refractivity contribution in [2.45, 2.75) is 25.9 Å². The molecule has 2 heterocycles. The first-order chi connectivity index (χ1) is 9.00. The average Bonchev–Trinajstić information content (AvgIpc) is 2.93. The summed E-state index contributed by atoms with van der Waals surface area (Å²) in [5, 5.41) is 6.67. The van der Waals surface area contributed by atoms with E-state index in [4.69, 9.17) is 9.26 Å². The van der Waals surface area contributed by atoms with Gasteiger partial charge in [0.2, 0.25) is 0 Å². The number of aromatic nitrogens is 1. The maximum absolute atomic E-state index is 11.4. The van der Waals surface area contributed by atoms with Crippen molar-refractivity contribution in [2.24, 2.45) is 0 Å². The minimum atomic E-state index is -2.90. The predicted molar refractivity (Wildman–Crippen MR) is 66.4 cm³/mol. The molecule has 0 aromatic carbocycles. The van der Waals surface area contributed by atoms with Crippen molar-refractivity contribution in [3.05, 3.63) is 17.5 Å². The van der Waals surface area contributed by atoms with E-state index in [-0.39, 0.29) is 29.8 Å². The molecule has 1 aromatic heterocycles. The molecule has 0 amide bonds. The van der Waals surface area contributed by atoms with E-state index >= 15 is 0 Å². The highest BCUT2D eigenvalue weighted by Crippen LogP contribution is 2.12. The fraction of sp³-hybridized carbons (Fsp3) is 0.636. The van der Waals surface area contributed by atoms with Crippen LogP contribution in [0.5, 0.6) is 0 Å². The highest BCUT2D eigenvalue weighted by Gasteiger charge is 2.27. The zero-order valence-electron chi connectivity index (χ0n) is 10.6. The summed E-state index contributed by atoms with van der Waals surface area (Å²) in [5.41, 5.74) is 0.123. The second-order valence-electron chi connectivity index (χ2n) is 4.38. The number of sulfone groups is 1. The van der Waals surface area contributed by atoms with Gasteiger partial charge in [0.25, 0.3) is 0 Å². The van der Waals surface area contributed by atoms with Gasteiger partial charge < -0.3 is 14.6 Å². The molecule has 1 atom stereocenters. The maximum atomic E-state index is 11.4. The fourth-order valence-electron chi connectivity index (χ4n) is 1.90. The van der Waals surface area contributed by atoms with Gasteiger partial charge >= 0.3 is 5.97 Å². The van der Waals surface area contributed by atoms with E-state index in [1.807, 2.05) is 0 Å². The highest BCUT2D eigenvalue weighted by atomic mass is 32.2. The molecule has 1 aliphatic rings. The Morgan fingerprint density at radius 3 is 3.05 bits per heavy atom. The lowest BCUT2D eigenvalue weighted by Gasteiger charge is -2.07. The summed E-state index contributed by atoms with van der Waals surface area (Å²) >= 11 is 0. The van der Waals surface area contributed by atoms with E-state index in [9.17, 15) is 13.2 Å². The topological polar surface area (TPSA) is 98.5 Å². The van der Waals surface area contributed by atoms with Crippen LogP contribution in [0, 0.1) is 0 Å². The number of hydrogen-bond donors (Lipinski definition) is 1. The molecule has 1 fully saturated rings. The van der Waals surface area contributed by atoms with Crippen molar-refractivity contribution < 1.29 is 22.5 Å². The molecular formula is C11H16N2O5S. The molecule has 2 rings (SSSR count). The summed E-state index contributed by atoms with van der Waals surface area (Å²) < 4.78 is 32.3. The SMILES string of the molecule is CCOC(=O)c1cc(CNC2CCS(=O)(=O)C2)on1. The van der Waals surface area contributed by atoms with Crippen LogP contribution in [0.4, 0.5) is 0 Å². The summed E-state index contributed by atoms with van der Waals surface area (Å²) in [4.78, 5) is 11.4. The normalized spacial score (nSPS) is 21.4. The molecule has 1 saturated heterocycles. The second kappa shape index (κ2) is 5.70. The van der Waals surface area contributed by atoms with Gasteiger partial charge in [0.05, 0.1) is 24.7 Å². The number of nitrogens with zero attached hydrogens (tertiary/aromatic N) is 1. The number of nitrogens with one attached hydrogen (secondary N) is 1. The first-order valence-electron chi connectivity index (χ1n) is 6.06. The highest BCUT2D eigenvalue weighted by molar-refractivity contribution is 7.91. The first-order valence-corrected chi connectivity index (χ1v) is 7.89. The lowest BCUT2D eigenvalue weighted by molar-refractivity contribution is 0.0514. The smallest absolute Gasteiger partial charge is 0.360 e. The van der Waals surface area contributed by atoms with Crippen LogP contribution in [0.3, 0.4) is 0 Å². The second-order valence-corrected chi connectivity index (χ2v) is 6.61. The number of esters is 1. The molecular weight excluding hydrogens is 272 g/mol. The third-order valence-electron chi connectivity index (χ3n) is 2.84. The molecule has 106 valence electrons. The molecule has 0 saturated carbocycles.